The summed E-state index contributed by atoms with van der Waals surface area (Å²) in [6.45, 7) is 1.74. The maximum Gasteiger partial charge on any atom is 0.205 e. The molecule has 0 spiro atoms. The minimum atomic E-state index is -0.420. The number of pyridine rings is 1. The first-order valence-corrected chi connectivity index (χ1v) is 5.06. The molecule has 82 valence electrons. The highest BCUT2D eigenvalue weighted by atomic mass is 35.5. The van der Waals surface area contributed by atoms with Gasteiger partial charge in [0.25, 0.3) is 0 Å². The van der Waals surface area contributed by atoms with Crippen LogP contribution in [0.4, 0.5) is 0 Å². The van der Waals surface area contributed by atoms with Crippen molar-refractivity contribution in [3.05, 3.63) is 41.7 Å². The number of Topliss-reactive ketones (excluding diaryl/α,β-unsaturated/α-hetero) is 1. The van der Waals surface area contributed by atoms with Crippen molar-refractivity contribution in [3.8, 4) is 0 Å². The lowest BCUT2D eigenvalue weighted by Crippen LogP contribution is -2.18. The Hall–Kier alpha value is -1.75. The molecule has 0 amide bonds. The molecular formula is C10H9ClN4O. The molecule has 0 aliphatic carbocycles. The van der Waals surface area contributed by atoms with Crippen molar-refractivity contribution >= 4 is 17.4 Å². The van der Waals surface area contributed by atoms with Gasteiger partial charge in [0.05, 0.1) is 5.02 Å². The standard InChI is InChI=1S/C10H9ClN4O/c1-7(15-6-12-5-14-15)10(16)9-3-2-8(11)4-13-9/h2-7H,1H3. The van der Waals surface area contributed by atoms with E-state index in [1.54, 1.807) is 19.1 Å². The Morgan fingerprint density at radius 1 is 1.50 bits per heavy atom. The topological polar surface area (TPSA) is 60.7 Å². The van der Waals surface area contributed by atoms with Crippen LogP contribution in [0.5, 0.6) is 0 Å². The number of aromatic nitrogens is 4. The van der Waals surface area contributed by atoms with Crippen LogP contribution in [0.15, 0.2) is 31.0 Å². The van der Waals surface area contributed by atoms with Gasteiger partial charge in [0.1, 0.15) is 24.4 Å². The van der Waals surface area contributed by atoms with Crippen molar-refractivity contribution in [2.45, 2.75) is 13.0 Å². The number of nitrogens with zero attached hydrogens (tertiary/aromatic N) is 4. The summed E-state index contributed by atoms with van der Waals surface area (Å²) in [5.74, 6) is -0.123. The molecule has 2 aromatic heterocycles. The lowest BCUT2D eigenvalue weighted by atomic mass is 10.1. The molecule has 2 aromatic rings. The van der Waals surface area contributed by atoms with E-state index in [1.165, 1.54) is 23.5 Å². The van der Waals surface area contributed by atoms with Gasteiger partial charge in [-0.05, 0) is 19.1 Å². The molecule has 6 heteroatoms. The van der Waals surface area contributed by atoms with E-state index in [1.807, 2.05) is 0 Å². The Labute approximate surface area is 97.1 Å². The Balaban J connectivity index is 2.22. The molecular weight excluding hydrogens is 228 g/mol. The summed E-state index contributed by atoms with van der Waals surface area (Å²) in [6, 6.07) is 2.81. The number of halogens is 1. The summed E-state index contributed by atoms with van der Waals surface area (Å²) in [5, 5.41) is 4.42. The predicted octanol–water partition coefficient (Wildman–Crippen LogP) is 1.77. The van der Waals surface area contributed by atoms with Crippen molar-refractivity contribution in [3.63, 3.8) is 0 Å². The van der Waals surface area contributed by atoms with Crippen molar-refractivity contribution in [1.82, 2.24) is 19.7 Å². The van der Waals surface area contributed by atoms with E-state index >= 15 is 0 Å². The number of hydrogen-bond acceptors (Lipinski definition) is 4. The van der Waals surface area contributed by atoms with Crippen LogP contribution in [0.25, 0.3) is 0 Å². The fraction of sp³-hybridized carbons (Fsp3) is 0.200. The Morgan fingerprint density at radius 2 is 2.31 bits per heavy atom. The first-order valence-electron chi connectivity index (χ1n) is 4.68. The average molecular weight is 237 g/mol. The highest BCUT2D eigenvalue weighted by Crippen LogP contribution is 2.12. The van der Waals surface area contributed by atoms with E-state index in [2.05, 4.69) is 15.1 Å². The van der Waals surface area contributed by atoms with E-state index in [9.17, 15) is 4.79 Å². The summed E-state index contributed by atoms with van der Waals surface area (Å²) in [7, 11) is 0. The summed E-state index contributed by atoms with van der Waals surface area (Å²) in [4.78, 5) is 19.7. The monoisotopic (exact) mass is 236 g/mol. The smallest absolute Gasteiger partial charge is 0.205 e. The number of carbonyl (C=O) groups excluding carboxylic acids is 1. The molecule has 0 bridgehead atoms. The summed E-state index contributed by atoms with van der Waals surface area (Å²) in [5.41, 5.74) is 0.368. The highest BCUT2D eigenvalue weighted by Gasteiger charge is 2.18. The normalized spacial score (nSPS) is 12.4. The molecule has 0 aliphatic heterocycles. The van der Waals surface area contributed by atoms with Crippen LogP contribution in [0.3, 0.4) is 0 Å². The zero-order valence-corrected chi connectivity index (χ0v) is 9.30. The van der Waals surface area contributed by atoms with Crippen molar-refractivity contribution in [2.24, 2.45) is 0 Å². The van der Waals surface area contributed by atoms with Crippen LogP contribution in [-0.2, 0) is 0 Å². The molecule has 2 rings (SSSR count). The fourth-order valence-electron chi connectivity index (χ4n) is 1.27. The van der Waals surface area contributed by atoms with Gasteiger partial charge in [0, 0.05) is 6.20 Å². The number of carbonyl (C=O) groups is 1. The maximum atomic E-state index is 12.0. The van der Waals surface area contributed by atoms with Crippen LogP contribution in [0.2, 0.25) is 5.02 Å². The van der Waals surface area contributed by atoms with Gasteiger partial charge in [-0.15, -0.1) is 0 Å². The minimum Gasteiger partial charge on any atom is -0.290 e. The molecule has 1 atom stereocenters. The van der Waals surface area contributed by atoms with Crippen molar-refractivity contribution in [2.75, 3.05) is 0 Å². The summed E-state index contributed by atoms with van der Waals surface area (Å²) >= 11 is 5.69. The average Bonchev–Trinajstić information content (AvgIpc) is 2.81. The second-order valence-electron chi connectivity index (χ2n) is 3.28. The minimum absolute atomic E-state index is 0.123. The molecule has 0 fully saturated rings. The van der Waals surface area contributed by atoms with Gasteiger partial charge in [0.15, 0.2) is 0 Å². The molecule has 0 aromatic carbocycles. The van der Waals surface area contributed by atoms with Gasteiger partial charge in [-0.3, -0.25) is 9.78 Å². The summed E-state index contributed by atoms with van der Waals surface area (Å²) in [6.07, 6.45) is 4.33. The van der Waals surface area contributed by atoms with Gasteiger partial charge in [-0.2, -0.15) is 5.10 Å². The Kier molecular flexibility index (Phi) is 2.96. The van der Waals surface area contributed by atoms with E-state index in [0.29, 0.717) is 10.7 Å². The van der Waals surface area contributed by atoms with Crippen LogP contribution < -0.4 is 0 Å². The fourth-order valence-corrected chi connectivity index (χ4v) is 1.38. The first-order chi connectivity index (χ1) is 7.68. The third-order valence-corrected chi connectivity index (χ3v) is 2.42. The zero-order valence-electron chi connectivity index (χ0n) is 8.54. The third kappa shape index (κ3) is 2.09. The van der Waals surface area contributed by atoms with Gasteiger partial charge >= 0.3 is 0 Å². The highest BCUT2D eigenvalue weighted by molar-refractivity contribution is 6.30. The molecule has 2 heterocycles. The van der Waals surface area contributed by atoms with Crippen LogP contribution in [0.1, 0.15) is 23.5 Å². The number of rotatable bonds is 3. The molecule has 0 radical (unpaired) electrons. The van der Waals surface area contributed by atoms with E-state index < -0.39 is 6.04 Å². The predicted molar refractivity (Wildman–Crippen MR) is 58.3 cm³/mol. The van der Waals surface area contributed by atoms with Crippen LogP contribution >= 0.6 is 11.6 Å². The second kappa shape index (κ2) is 4.40. The molecule has 0 aliphatic rings. The lowest BCUT2D eigenvalue weighted by Gasteiger charge is -2.09. The molecule has 16 heavy (non-hydrogen) atoms. The summed E-state index contributed by atoms with van der Waals surface area (Å²) < 4.78 is 1.48. The van der Waals surface area contributed by atoms with E-state index in [0.717, 1.165) is 0 Å². The van der Waals surface area contributed by atoms with Crippen molar-refractivity contribution in [1.29, 1.82) is 0 Å². The van der Waals surface area contributed by atoms with E-state index in [-0.39, 0.29) is 5.78 Å². The maximum absolute atomic E-state index is 12.0. The largest absolute Gasteiger partial charge is 0.290 e. The number of ketones is 1. The molecule has 0 N–H and O–H groups in total. The first kappa shape index (κ1) is 10.8. The zero-order chi connectivity index (χ0) is 11.5. The van der Waals surface area contributed by atoms with Crippen molar-refractivity contribution < 1.29 is 4.79 Å². The molecule has 0 saturated carbocycles. The SMILES string of the molecule is CC(C(=O)c1ccc(Cl)cn1)n1cncn1. The molecule has 1 unspecified atom stereocenters. The molecule has 5 nitrogen and oxygen atoms in total. The third-order valence-electron chi connectivity index (χ3n) is 2.19. The second-order valence-corrected chi connectivity index (χ2v) is 3.71. The van der Waals surface area contributed by atoms with Crippen LogP contribution in [0, 0.1) is 0 Å². The van der Waals surface area contributed by atoms with Gasteiger partial charge in [-0.1, -0.05) is 11.6 Å². The van der Waals surface area contributed by atoms with Gasteiger partial charge in [0.2, 0.25) is 5.78 Å². The molecule has 0 saturated heterocycles. The lowest BCUT2D eigenvalue weighted by molar-refractivity contribution is 0.0923. The Morgan fingerprint density at radius 3 is 2.88 bits per heavy atom. The quantitative estimate of drug-likeness (QED) is 0.762. The Bertz CT molecular complexity index is 480. The number of hydrogen-bond donors (Lipinski definition) is 0. The van der Waals surface area contributed by atoms with Gasteiger partial charge in [-0.25, -0.2) is 9.67 Å². The van der Waals surface area contributed by atoms with Crippen LogP contribution in [-0.4, -0.2) is 25.5 Å². The van der Waals surface area contributed by atoms with E-state index in [4.69, 9.17) is 11.6 Å². The van der Waals surface area contributed by atoms with Gasteiger partial charge < -0.3 is 0 Å².